The molecule has 0 saturated carbocycles. The SMILES string of the molecule is C=CC1=CC=C(CC(Cc2ccccc2C=C)=C(Cc2ccccc2C=C)c2ccc(C(F)(F)F)cc2)CC1(C)c1ccccc1. The first-order valence-electron chi connectivity index (χ1n) is 15.5. The maximum atomic E-state index is 13.6. The van der Waals surface area contributed by atoms with Crippen molar-refractivity contribution < 1.29 is 13.2 Å². The van der Waals surface area contributed by atoms with Gasteiger partial charge in [-0.1, -0.05) is 159 Å². The van der Waals surface area contributed by atoms with Crippen molar-refractivity contribution in [1.29, 1.82) is 0 Å². The van der Waals surface area contributed by atoms with Gasteiger partial charge in [-0.25, -0.2) is 0 Å². The van der Waals surface area contributed by atoms with Crippen LogP contribution >= 0.6 is 0 Å². The van der Waals surface area contributed by atoms with E-state index in [1.165, 1.54) is 23.3 Å². The van der Waals surface area contributed by atoms with E-state index in [0.717, 1.165) is 51.0 Å². The fourth-order valence-corrected chi connectivity index (χ4v) is 6.55. The molecule has 1 aliphatic rings. The van der Waals surface area contributed by atoms with Crippen molar-refractivity contribution in [1.82, 2.24) is 0 Å². The minimum atomic E-state index is -4.41. The van der Waals surface area contributed by atoms with E-state index in [-0.39, 0.29) is 5.41 Å². The summed E-state index contributed by atoms with van der Waals surface area (Å²) in [5.41, 5.74) is 9.91. The normalized spacial score (nSPS) is 17.0. The molecule has 1 aliphatic carbocycles. The van der Waals surface area contributed by atoms with Crippen LogP contribution < -0.4 is 0 Å². The van der Waals surface area contributed by atoms with E-state index in [2.05, 4.69) is 81.3 Å². The molecule has 232 valence electrons. The monoisotopic (exact) mass is 612 g/mol. The molecule has 0 saturated heterocycles. The predicted octanol–water partition coefficient (Wildman–Crippen LogP) is 12.0. The van der Waals surface area contributed by atoms with Crippen molar-refractivity contribution in [3.05, 3.63) is 197 Å². The van der Waals surface area contributed by atoms with Crippen LogP contribution in [0.2, 0.25) is 0 Å². The summed E-state index contributed by atoms with van der Waals surface area (Å²) in [6.45, 7) is 14.4. The molecule has 3 heteroatoms. The van der Waals surface area contributed by atoms with Crippen LogP contribution in [-0.4, -0.2) is 0 Å². The molecular weight excluding hydrogens is 573 g/mol. The van der Waals surface area contributed by atoms with Crippen molar-refractivity contribution in [2.24, 2.45) is 0 Å². The lowest BCUT2D eigenvalue weighted by molar-refractivity contribution is -0.137. The van der Waals surface area contributed by atoms with Gasteiger partial charge in [-0.2, -0.15) is 13.2 Å². The summed E-state index contributed by atoms with van der Waals surface area (Å²) in [6, 6.07) is 32.4. The van der Waals surface area contributed by atoms with Crippen molar-refractivity contribution in [2.75, 3.05) is 0 Å². The first kappa shape index (κ1) is 32.5. The topological polar surface area (TPSA) is 0 Å². The molecule has 1 atom stereocenters. The quantitative estimate of drug-likeness (QED) is 0.158. The number of hydrogen-bond donors (Lipinski definition) is 0. The number of alkyl halides is 3. The number of halogens is 3. The average Bonchev–Trinajstić information content (AvgIpc) is 3.07. The molecule has 0 spiro atoms. The Morgan fingerprint density at radius 3 is 1.80 bits per heavy atom. The highest BCUT2D eigenvalue weighted by atomic mass is 19.4. The fourth-order valence-electron chi connectivity index (χ4n) is 6.55. The Kier molecular flexibility index (Phi) is 9.92. The third-order valence-electron chi connectivity index (χ3n) is 9.10. The molecule has 4 aromatic carbocycles. The molecule has 5 rings (SSSR count). The summed E-state index contributed by atoms with van der Waals surface area (Å²) in [5, 5.41) is 0. The van der Waals surface area contributed by atoms with E-state index >= 15 is 0 Å². The van der Waals surface area contributed by atoms with Crippen LogP contribution in [0, 0.1) is 0 Å². The zero-order valence-corrected chi connectivity index (χ0v) is 26.3. The van der Waals surface area contributed by atoms with Gasteiger partial charge in [-0.3, -0.25) is 0 Å². The van der Waals surface area contributed by atoms with Crippen LogP contribution in [0.5, 0.6) is 0 Å². The molecule has 46 heavy (non-hydrogen) atoms. The largest absolute Gasteiger partial charge is 0.416 e. The zero-order chi connectivity index (χ0) is 32.7. The average molecular weight is 613 g/mol. The Morgan fingerprint density at radius 1 is 0.674 bits per heavy atom. The van der Waals surface area contributed by atoms with Crippen molar-refractivity contribution in [3.63, 3.8) is 0 Å². The summed E-state index contributed by atoms with van der Waals surface area (Å²) in [4.78, 5) is 0. The van der Waals surface area contributed by atoms with E-state index in [1.807, 2.05) is 54.6 Å². The Bertz CT molecular complexity index is 1810. The summed E-state index contributed by atoms with van der Waals surface area (Å²) in [7, 11) is 0. The first-order valence-corrected chi connectivity index (χ1v) is 15.5. The molecule has 0 radical (unpaired) electrons. The summed E-state index contributed by atoms with van der Waals surface area (Å²) in [5.74, 6) is 0. The highest BCUT2D eigenvalue weighted by molar-refractivity contribution is 5.74. The Hall–Kier alpha value is -4.89. The van der Waals surface area contributed by atoms with E-state index in [1.54, 1.807) is 12.1 Å². The van der Waals surface area contributed by atoms with Gasteiger partial charge >= 0.3 is 6.18 Å². The fraction of sp³-hybridized carbons (Fsp3) is 0.163. The highest BCUT2D eigenvalue weighted by Gasteiger charge is 2.33. The lowest BCUT2D eigenvalue weighted by atomic mass is 9.68. The number of rotatable bonds is 11. The summed E-state index contributed by atoms with van der Waals surface area (Å²) < 4.78 is 40.9. The second-order valence-corrected chi connectivity index (χ2v) is 12.0. The first-order chi connectivity index (χ1) is 22.2. The van der Waals surface area contributed by atoms with Gasteiger partial charge in [-0.15, -0.1) is 0 Å². The van der Waals surface area contributed by atoms with E-state index in [9.17, 15) is 13.2 Å². The molecule has 0 bridgehead atoms. The van der Waals surface area contributed by atoms with Crippen LogP contribution in [0.15, 0.2) is 158 Å². The van der Waals surface area contributed by atoms with E-state index in [4.69, 9.17) is 0 Å². The Labute approximate surface area is 271 Å². The van der Waals surface area contributed by atoms with Gasteiger partial charge in [0.2, 0.25) is 0 Å². The van der Waals surface area contributed by atoms with Crippen LogP contribution in [-0.2, 0) is 24.4 Å². The molecule has 0 amide bonds. The molecule has 1 unspecified atom stereocenters. The third kappa shape index (κ3) is 7.15. The maximum Gasteiger partial charge on any atom is 0.416 e. The third-order valence-corrected chi connectivity index (χ3v) is 9.10. The van der Waals surface area contributed by atoms with Gasteiger partial charge in [0.05, 0.1) is 5.56 Å². The van der Waals surface area contributed by atoms with E-state index in [0.29, 0.717) is 19.3 Å². The molecule has 0 heterocycles. The van der Waals surface area contributed by atoms with Crippen molar-refractivity contribution in [2.45, 2.75) is 44.2 Å². The van der Waals surface area contributed by atoms with Gasteiger partial charge in [0.1, 0.15) is 0 Å². The number of benzene rings is 4. The molecule has 0 aromatic heterocycles. The van der Waals surface area contributed by atoms with Crippen LogP contribution in [0.4, 0.5) is 13.2 Å². The zero-order valence-electron chi connectivity index (χ0n) is 26.3. The van der Waals surface area contributed by atoms with Crippen LogP contribution in [0.3, 0.4) is 0 Å². The van der Waals surface area contributed by atoms with E-state index < -0.39 is 11.7 Å². The highest BCUT2D eigenvalue weighted by Crippen LogP contribution is 2.44. The lowest BCUT2D eigenvalue weighted by Crippen LogP contribution is -2.27. The molecular formula is C43H39F3. The van der Waals surface area contributed by atoms with Gasteiger partial charge < -0.3 is 0 Å². The summed E-state index contributed by atoms with van der Waals surface area (Å²) in [6.07, 6.45) is 8.24. The second-order valence-electron chi connectivity index (χ2n) is 12.0. The van der Waals surface area contributed by atoms with Crippen molar-refractivity contribution >= 4 is 17.7 Å². The van der Waals surface area contributed by atoms with Gasteiger partial charge in [0.15, 0.2) is 0 Å². The molecule has 0 nitrogen and oxygen atoms in total. The van der Waals surface area contributed by atoms with Crippen LogP contribution in [0.25, 0.3) is 17.7 Å². The number of hydrogen-bond acceptors (Lipinski definition) is 0. The molecule has 0 fully saturated rings. The number of allylic oxidation sites excluding steroid dienone is 7. The van der Waals surface area contributed by atoms with Crippen molar-refractivity contribution in [3.8, 4) is 0 Å². The maximum absolute atomic E-state index is 13.6. The van der Waals surface area contributed by atoms with Gasteiger partial charge in [-0.05, 0) is 82.3 Å². The lowest BCUT2D eigenvalue weighted by Gasteiger charge is -2.36. The Balaban J connectivity index is 1.69. The minimum Gasteiger partial charge on any atom is -0.166 e. The predicted molar refractivity (Wildman–Crippen MR) is 188 cm³/mol. The van der Waals surface area contributed by atoms with Gasteiger partial charge in [0.25, 0.3) is 0 Å². The summed E-state index contributed by atoms with van der Waals surface area (Å²) >= 11 is 0. The molecule has 0 N–H and O–H groups in total. The Morgan fingerprint density at radius 2 is 1.24 bits per heavy atom. The smallest absolute Gasteiger partial charge is 0.166 e. The second kappa shape index (κ2) is 14.0. The standard InChI is InChI=1S/C43H39F3/c1-5-32-15-11-13-17-35(32)28-37(27-31-21-24-38(7-3)42(4,30-31)39-19-9-8-10-20-39)41(29-36-18-14-12-16-33(36)6-2)34-22-25-40(26-23-34)43(44,45)46/h5-26H,1-3,27-30H2,4H3. The minimum absolute atomic E-state index is 0.263. The van der Waals surface area contributed by atoms with Gasteiger partial charge in [0, 0.05) is 5.41 Å². The molecule has 4 aromatic rings. The molecule has 0 aliphatic heterocycles. The van der Waals surface area contributed by atoms with Crippen LogP contribution in [0.1, 0.15) is 58.7 Å².